The Bertz CT molecular complexity index is 1070. The van der Waals surface area contributed by atoms with E-state index < -0.39 is 0 Å². The molecule has 5 nitrogen and oxygen atoms in total. The molecule has 2 aliphatic heterocycles. The zero-order chi connectivity index (χ0) is 22.1. The first-order valence-electron chi connectivity index (χ1n) is 11.1. The molecule has 0 N–H and O–H groups in total. The molecule has 5 rings (SSSR count). The largest absolute Gasteiger partial charge is 0.368 e. The van der Waals surface area contributed by atoms with Crippen LogP contribution in [0.4, 0.5) is 11.4 Å². The van der Waals surface area contributed by atoms with Crippen LogP contribution in [0.5, 0.6) is 0 Å². The molecular formula is C26H27N3O2S. The second kappa shape index (κ2) is 8.79. The second-order valence-electron chi connectivity index (χ2n) is 8.52. The highest BCUT2D eigenvalue weighted by molar-refractivity contribution is 7.10. The van der Waals surface area contributed by atoms with Gasteiger partial charge in [-0.1, -0.05) is 42.0 Å². The number of hydrogen-bond donors (Lipinski definition) is 0. The Balaban J connectivity index is 1.37. The van der Waals surface area contributed by atoms with Crippen LogP contribution in [0.25, 0.3) is 0 Å². The first-order chi connectivity index (χ1) is 15.6. The third-order valence-electron chi connectivity index (χ3n) is 6.50. The highest BCUT2D eigenvalue weighted by Crippen LogP contribution is 2.43. The summed E-state index contributed by atoms with van der Waals surface area (Å²) >= 11 is 1.62. The molecule has 164 valence electrons. The van der Waals surface area contributed by atoms with Gasteiger partial charge in [0.15, 0.2) is 0 Å². The Morgan fingerprint density at radius 1 is 0.875 bits per heavy atom. The van der Waals surface area contributed by atoms with Crippen LogP contribution in [0.1, 0.15) is 22.9 Å². The summed E-state index contributed by atoms with van der Waals surface area (Å²) in [6, 6.07) is 22.1. The van der Waals surface area contributed by atoms with Crippen LogP contribution in [-0.4, -0.2) is 42.9 Å². The Labute approximate surface area is 192 Å². The average Bonchev–Trinajstić information content (AvgIpc) is 3.48. The molecule has 2 fully saturated rings. The summed E-state index contributed by atoms with van der Waals surface area (Å²) in [5.74, 6) is -0.238. The molecule has 0 radical (unpaired) electrons. The third-order valence-corrected chi connectivity index (χ3v) is 7.44. The quantitative estimate of drug-likeness (QED) is 0.594. The smallest absolute Gasteiger partial charge is 0.228 e. The van der Waals surface area contributed by atoms with Crippen molar-refractivity contribution in [3.05, 3.63) is 82.6 Å². The number of anilines is 2. The Morgan fingerprint density at radius 3 is 2.25 bits per heavy atom. The van der Waals surface area contributed by atoms with Crippen molar-refractivity contribution in [3.63, 3.8) is 0 Å². The maximum Gasteiger partial charge on any atom is 0.228 e. The van der Waals surface area contributed by atoms with Crippen LogP contribution in [-0.2, 0) is 9.59 Å². The number of nitrogens with zero attached hydrogens (tertiary/aromatic N) is 3. The van der Waals surface area contributed by atoms with Crippen LogP contribution in [0.2, 0.25) is 0 Å². The molecule has 2 unspecified atom stereocenters. The predicted octanol–water partition coefficient (Wildman–Crippen LogP) is 4.50. The van der Waals surface area contributed by atoms with E-state index in [4.69, 9.17) is 0 Å². The highest BCUT2D eigenvalue weighted by atomic mass is 32.1. The molecule has 2 amide bonds. The maximum atomic E-state index is 13.7. The lowest BCUT2D eigenvalue weighted by atomic mass is 9.96. The molecule has 0 bridgehead atoms. The number of hydrogen-bond acceptors (Lipinski definition) is 4. The average molecular weight is 446 g/mol. The standard InChI is InChI=1S/C26H27N3O2S/c1-19-9-11-21(12-10-19)29-24(30)18-22(25(29)23-8-5-17-32-23)26(31)28-15-13-27(14-16-28)20-6-3-2-4-7-20/h2-12,17,22,25H,13-16,18H2,1H3. The lowest BCUT2D eigenvalue weighted by Gasteiger charge is -2.38. The molecule has 0 aliphatic carbocycles. The summed E-state index contributed by atoms with van der Waals surface area (Å²) in [4.78, 5) is 34.0. The molecule has 0 spiro atoms. The van der Waals surface area contributed by atoms with Gasteiger partial charge in [0.05, 0.1) is 12.0 Å². The summed E-state index contributed by atoms with van der Waals surface area (Å²) in [6.45, 7) is 5.01. The summed E-state index contributed by atoms with van der Waals surface area (Å²) in [5, 5.41) is 2.02. The van der Waals surface area contributed by atoms with Crippen molar-refractivity contribution in [2.24, 2.45) is 5.92 Å². The van der Waals surface area contributed by atoms with Gasteiger partial charge in [-0.3, -0.25) is 9.59 Å². The zero-order valence-electron chi connectivity index (χ0n) is 18.2. The number of aryl methyl sites for hydroxylation is 1. The topological polar surface area (TPSA) is 43.9 Å². The second-order valence-corrected chi connectivity index (χ2v) is 9.50. The van der Waals surface area contributed by atoms with E-state index in [9.17, 15) is 9.59 Å². The van der Waals surface area contributed by atoms with Gasteiger partial charge in [-0.05, 0) is 42.6 Å². The van der Waals surface area contributed by atoms with Crippen LogP contribution in [0.3, 0.4) is 0 Å². The van der Waals surface area contributed by atoms with E-state index in [0.717, 1.165) is 29.2 Å². The van der Waals surface area contributed by atoms with E-state index in [2.05, 4.69) is 17.0 Å². The fraction of sp³-hybridized carbons (Fsp3) is 0.308. The maximum absolute atomic E-state index is 13.7. The number of amides is 2. The monoisotopic (exact) mass is 445 g/mol. The van der Waals surface area contributed by atoms with Gasteiger partial charge < -0.3 is 14.7 Å². The lowest BCUT2D eigenvalue weighted by Crippen LogP contribution is -2.51. The minimum atomic E-state index is -0.356. The molecule has 0 saturated carbocycles. The van der Waals surface area contributed by atoms with Gasteiger partial charge in [-0.25, -0.2) is 0 Å². The number of para-hydroxylation sites is 1. The summed E-state index contributed by atoms with van der Waals surface area (Å²) in [7, 11) is 0. The van der Waals surface area contributed by atoms with E-state index in [1.807, 2.05) is 76.7 Å². The van der Waals surface area contributed by atoms with Gasteiger partial charge in [-0.2, -0.15) is 0 Å². The van der Waals surface area contributed by atoms with E-state index in [1.54, 1.807) is 11.3 Å². The van der Waals surface area contributed by atoms with Gasteiger partial charge in [-0.15, -0.1) is 11.3 Å². The Morgan fingerprint density at radius 2 is 1.59 bits per heavy atom. The summed E-state index contributed by atoms with van der Waals surface area (Å²) < 4.78 is 0. The van der Waals surface area contributed by atoms with E-state index in [-0.39, 0.29) is 30.2 Å². The van der Waals surface area contributed by atoms with Crippen molar-refractivity contribution in [1.82, 2.24) is 4.90 Å². The number of piperazine rings is 1. The minimum Gasteiger partial charge on any atom is -0.368 e. The number of rotatable bonds is 4. The SMILES string of the molecule is Cc1ccc(N2C(=O)CC(C(=O)N3CCN(c4ccccc4)CC3)C2c2cccs2)cc1. The number of carbonyl (C=O) groups excluding carboxylic acids is 2. The van der Waals surface area contributed by atoms with Crippen LogP contribution < -0.4 is 9.80 Å². The minimum absolute atomic E-state index is 0.0218. The molecular weight excluding hydrogens is 418 g/mol. The molecule has 6 heteroatoms. The fourth-order valence-corrected chi connectivity index (χ4v) is 5.69. The van der Waals surface area contributed by atoms with Gasteiger partial charge in [0.2, 0.25) is 11.8 Å². The number of thiophene rings is 1. The van der Waals surface area contributed by atoms with E-state index in [1.165, 1.54) is 5.69 Å². The van der Waals surface area contributed by atoms with Crippen molar-refractivity contribution in [2.45, 2.75) is 19.4 Å². The normalized spacial score (nSPS) is 21.3. The van der Waals surface area contributed by atoms with Gasteiger partial charge in [0, 0.05) is 48.9 Å². The zero-order valence-corrected chi connectivity index (χ0v) is 19.0. The molecule has 3 aromatic rings. The van der Waals surface area contributed by atoms with E-state index >= 15 is 0 Å². The Hall–Kier alpha value is -3.12. The van der Waals surface area contributed by atoms with Gasteiger partial charge >= 0.3 is 0 Å². The van der Waals surface area contributed by atoms with Crippen molar-refractivity contribution >= 4 is 34.5 Å². The number of carbonyl (C=O) groups is 2. The number of benzene rings is 2. The molecule has 2 aromatic carbocycles. The predicted molar refractivity (Wildman–Crippen MR) is 129 cm³/mol. The molecule has 2 atom stereocenters. The fourth-order valence-electron chi connectivity index (χ4n) is 4.81. The third kappa shape index (κ3) is 3.91. The van der Waals surface area contributed by atoms with Gasteiger partial charge in [0.1, 0.15) is 0 Å². The van der Waals surface area contributed by atoms with Crippen LogP contribution >= 0.6 is 11.3 Å². The molecule has 3 heterocycles. The van der Waals surface area contributed by atoms with Crippen molar-refractivity contribution in [3.8, 4) is 0 Å². The Kier molecular flexibility index (Phi) is 5.70. The van der Waals surface area contributed by atoms with Gasteiger partial charge in [0.25, 0.3) is 0 Å². The van der Waals surface area contributed by atoms with E-state index in [0.29, 0.717) is 13.1 Å². The van der Waals surface area contributed by atoms with Crippen LogP contribution in [0, 0.1) is 12.8 Å². The molecule has 2 aliphatic rings. The summed E-state index contributed by atoms with van der Waals surface area (Å²) in [5.41, 5.74) is 3.21. The van der Waals surface area contributed by atoms with Crippen molar-refractivity contribution in [1.29, 1.82) is 0 Å². The summed E-state index contributed by atoms with van der Waals surface area (Å²) in [6.07, 6.45) is 0.258. The first-order valence-corrected chi connectivity index (χ1v) is 12.0. The van der Waals surface area contributed by atoms with Crippen molar-refractivity contribution < 1.29 is 9.59 Å². The molecule has 2 saturated heterocycles. The van der Waals surface area contributed by atoms with Crippen LogP contribution in [0.15, 0.2) is 72.1 Å². The molecule has 1 aromatic heterocycles. The first kappa shape index (κ1) is 20.8. The molecule has 32 heavy (non-hydrogen) atoms. The highest BCUT2D eigenvalue weighted by Gasteiger charge is 2.47. The lowest BCUT2D eigenvalue weighted by molar-refractivity contribution is -0.136. The van der Waals surface area contributed by atoms with Crippen molar-refractivity contribution in [2.75, 3.05) is 36.0 Å².